The molecule has 154 valence electrons. The standard InChI is InChI=1S/C23H22N2O4S/c26-23(20-8-6-19(7-9-20)18-4-2-1-3-5-18)24-21-10-12-22(13-11-21)30(27,28)25-14-16-29-17-15-25/h1-13H,14-17H2,(H,24,26). The van der Waals surface area contributed by atoms with E-state index in [9.17, 15) is 13.2 Å². The molecular weight excluding hydrogens is 400 g/mol. The summed E-state index contributed by atoms with van der Waals surface area (Å²) in [5, 5.41) is 2.81. The Kier molecular flexibility index (Phi) is 5.94. The molecule has 1 amide bonds. The molecule has 3 aromatic rings. The van der Waals surface area contributed by atoms with Crippen LogP contribution in [-0.4, -0.2) is 44.9 Å². The number of hydrogen-bond acceptors (Lipinski definition) is 4. The van der Waals surface area contributed by atoms with Crippen LogP contribution in [0.25, 0.3) is 11.1 Å². The molecule has 6 nitrogen and oxygen atoms in total. The number of benzene rings is 3. The molecule has 0 bridgehead atoms. The highest BCUT2D eigenvalue weighted by molar-refractivity contribution is 7.89. The van der Waals surface area contributed by atoms with Crippen LogP contribution in [0.2, 0.25) is 0 Å². The zero-order chi connectivity index (χ0) is 21.0. The molecule has 0 aliphatic carbocycles. The average Bonchev–Trinajstić information content (AvgIpc) is 2.81. The monoisotopic (exact) mass is 422 g/mol. The fourth-order valence-corrected chi connectivity index (χ4v) is 4.70. The molecule has 0 saturated carbocycles. The van der Waals surface area contributed by atoms with Crippen molar-refractivity contribution in [1.29, 1.82) is 0 Å². The number of carbonyl (C=O) groups is 1. The van der Waals surface area contributed by atoms with Gasteiger partial charge in [-0.2, -0.15) is 4.31 Å². The van der Waals surface area contributed by atoms with Gasteiger partial charge in [0, 0.05) is 24.3 Å². The number of hydrogen-bond donors (Lipinski definition) is 1. The molecule has 4 rings (SSSR count). The van der Waals surface area contributed by atoms with E-state index in [1.807, 2.05) is 42.5 Å². The van der Waals surface area contributed by atoms with Crippen molar-refractivity contribution in [3.05, 3.63) is 84.4 Å². The number of morpholine rings is 1. The third kappa shape index (κ3) is 4.43. The van der Waals surface area contributed by atoms with E-state index in [0.717, 1.165) is 11.1 Å². The number of anilines is 1. The maximum absolute atomic E-state index is 12.7. The molecule has 1 aliphatic heterocycles. The Morgan fingerprint density at radius 2 is 1.40 bits per heavy atom. The van der Waals surface area contributed by atoms with Gasteiger partial charge in [-0.05, 0) is 47.5 Å². The summed E-state index contributed by atoms with van der Waals surface area (Å²) in [7, 11) is -3.55. The predicted molar refractivity (Wildman–Crippen MR) is 116 cm³/mol. The van der Waals surface area contributed by atoms with Gasteiger partial charge in [0.25, 0.3) is 5.91 Å². The normalized spacial score (nSPS) is 14.9. The minimum atomic E-state index is -3.55. The van der Waals surface area contributed by atoms with E-state index < -0.39 is 10.0 Å². The van der Waals surface area contributed by atoms with Crippen molar-refractivity contribution >= 4 is 21.6 Å². The molecule has 30 heavy (non-hydrogen) atoms. The van der Waals surface area contributed by atoms with Crippen LogP contribution in [-0.2, 0) is 14.8 Å². The second-order valence-electron chi connectivity index (χ2n) is 6.94. The molecule has 0 unspecified atom stereocenters. The number of rotatable bonds is 5. The minimum Gasteiger partial charge on any atom is -0.379 e. The highest BCUT2D eigenvalue weighted by Crippen LogP contribution is 2.21. The molecule has 0 atom stereocenters. The molecule has 3 aromatic carbocycles. The first-order valence-corrected chi connectivity index (χ1v) is 11.1. The third-order valence-electron chi connectivity index (χ3n) is 4.97. The van der Waals surface area contributed by atoms with Crippen LogP contribution in [0.15, 0.2) is 83.8 Å². The van der Waals surface area contributed by atoms with Gasteiger partial charge < -0.3 is 10.1 Å². The quantitative estimate of drug-likeness (QED) is 0.681. The van der Waals surface area contributed by atoms with Gasteiger partial charge in [0.2, 0.25) is 10.0 Å². The molecule has 7 heteroatoms. The molecule has 1 aliphatic rings. The Bertz CT molecular complexity index is 1110. The Hall–Kier alpha value is -3.00. The van der Waals surface area contributed by atoms with Crippen molar-refractivity contribution < 1.29 is 17.9 Å². The first kappa shape index (κ1) is 20.3. The lowest BCUT2D eigenvalue weighted by Gasteiger charge is -2.26. The summed E-state index contributed by atoms with van der Waals surface area (Å²) in [5.74, 6) is -0.251. The lowest BCUT2D eigenvalue weighted by molar-refractivity contribution is 0.0730. The SMILES string of the molecule is O=C(Nc1ccc(S(=O)(=O)N2CCOCC2)cc1)c1ccc(-c2ccccc2)cc1. The molecule has 1 heterocycles. The molecule has 1 N–H and O–H groups in total. The maximum Gasteiger partial charge on any atom is 0.255 e. The summed E-state index contributed by atoms with van der Waals surface area (Å²) in [4.78, 5) is 12.7. The summed E-state index contributed by atoms with van der Waals surface area (Å²) < 4.78 is 32.0. The van der Waals surface area contributed by atoms with Gasteiger partial charge in [0.15, 0.2) is 0 Å². The second kappa shape index (κ2) is 8.79. The van der Waals surface area contributed by atoms with Gasteiger partial charge in [-0.15, -0.1) is 0 Å². The lowest BCUT2D eigenvalue weighted by atomic mass is 10.0. The maximum atomic E-state index is 12.7. The predicted octanol–water partition coefficient (Wildman–Crippen LogP) is 3.63. The zero-order valence-corrected chi connectivity index (χ0v) is 17.1. The Morgan fingerprint density at radius 3 is 2.03 bits per heavy atom. The van der Waals surface area contributed by atoms with Crippen molar-refractivity contribution in [3.8, 4) is 11.1 Å². The van der Waals surface area contributed by atoms with Gasteiger partial charge in [-0.25, -0.2) is 8.42 Å². The van der Waals surface area contributed by atoms with Crippen LogP contribution < -0.4 is 5.32 Å². The number of ether oxygens (including phenoxy) is 1. The summed E-state index contributed by atoms with van der Waals surface area (Å²) in [6.45, 7) is 1.49. The number of sulfonamides is 1. The minimum absolute atomic E-state index is 0.203. The fraction of sp³-hybridized carbons (Fsp3) is 0.174. The van der Waals surface area contributed by atoms with Gasteiger partial charge in [0.05, 0.1) is 18.1 Å². The van der Waals surface area contributed by atoms with Gasteiger partial charge >= 0.3 is 0 Å². The molecule has 0 spiro atoms. The number of nitrogens with one attached hydrogen (secondary N) is 1. The smallest absolute Gasteiger partial charge is 0.255 e. The van der Waals surface area contributed by atoms with E-state index in [0.29, 0.717) is 37.6 Å². The Balaban J connectivity index is 1.43. The van der Waals surface area contributed by atoms with Crippen molar-refractivity contribution in [2.75, 3.05) is 31.6 Å². The first-order chi connectivity index (χ1) is 14.5. The summed E-state index contributed by atoms with van der Waals surface area (Å²) in [6, 6.07) is 23.5. The van der Waals surface area contributed by atoms with E-state index in [-0.39, 0.29) is 10.8 Å². The fourth-order valence-electron chi connectivity index (χ4n) is 3.29. The molecule has 1 fully saturated rings. The van der Waals surface area contributed by atoms with E-state index in [2.05, 4.69) is 5.32 Å². The highest BCUT2D eigenvalue weighted by atomic mass is 32.2. The summed E-state index contributed by atoms with van der Waals surface area (Å²) >= 11 is 0. The highest BCUT2D eigenvalue weighted by Gasteiger charge is 2.26. The van der Waals surface area contributed by atoms with Crippen molar-refractivity contribution in [2.45, 2.75) is 4.90 Å². The van der Waals surface area contributed by atoms with E-state index in [4.69, 9.17) is 4.74 Å². The number of carbonyl (C=O) groups excluding carboxylic acids is 1. The van der Waals surface area contributed by atoms with E-state index in [1.54, 1.807) is 24.3 Å². The van der Waals surface area contributed by atoms with Gasteiger partial charge in [0.1, 0.15) is 0 Å². The second-order valence-corrected chi connectivity index (χ2v) is 8.88. The van der Waals surface area contributed by atoms with Gasteiger partial charge in [-0.3, -0.25) is 4.79 Å². The molecule has 0 aromatic heterocycles. The average molecular weight is 423 g/mol. The van der Waals surface area contributed by atoms with Crippen LogP contribution >= 0.6 is 0 Å². The van der Waals surface area contributed by atoms with Crippen LogP contribution in [0.1, 0.15) is 10.4 Å². The molecular formula is C23H22N2O4S. The van der Waals surface area contributed by atoms with E-state index >= 15 is 0 Å². The van der Waals surface area contributed by atoms with Crippen molar-refractivity contribution in [1.82, 2.24) is 4.31 Å². The first-order valence-electron chi connectivity index (χ1n) is 9.69. The topological polar surface area (TPSA) is 75.7 Å². The Morgan fingerprint density at radius 1 is 0.800 bits per heavy atom. The van der Waals surface area contributed by atoms with Crippen molar-refractivity contribution in [2.24, 2.45) is 0 Å². The van der Waals surface area contributed by atoms with Crippen LogP contribution in [0.4, 0.5) is 5.69 Å². The largest absolute Gasteiger partial charge is 0.379 e. The Labute approximate surface area is 176 Å². The number of amides is 1. The van der Waals surface area contributed by atoms with Crippen LogP contribution in [0.5, 0.6) is 0 Å². The number of nitrogens with zero attached hydrogens (tertiary/aromatic N) is 1. The summed E-state index contributed by atoms with van der Waals surface area (Å²) in [6.07, 6.45) is 0. The van der Waals surface area contributed by atoms with Crippen LogP contribution in [0, 0.1) is 0 Å². The van der Waals surface area contributed by atoms with Crippen LogP contribution in [0.3, 0.4) is 0 Å². The lowest BCUT2D eigenvalue weighted by Crippen LogP contribution is -2.40. The van der Waals surface area contributed by atoms with Crippen molar-refractivity contribution in [3.63, 3.8) is 0 Å². The van der Waals surface area contributed by atoms with E-state index in [1.165, 1.54) is 16.4 Å². The zero-order valence-electron chi connectivity index (χ0n) is 16.3. The third-order valence-corrected chi connectivity index (χ3v) is 6.89. The molecule has 0 radical (unpaired) electrons. The summed E-state index contributed by atoms with van der Waals surface area (Å²) in [5.41, 5.74) is 3.18. The molecule has 1 saturated heterocycles. The van der Waals surface area contributed by atoms with Gasteiger partial charge in [-0.1, -0.05) is 42.5 Å².